The van der Waals surface area contributed by atoms with Gasteiger partial charge in [-0.15, -0.1) is 0 Å². The number of nitrogens with zero attached hydrogens (tertiary/aromatic N) is 3. The maximum atomic E-state index is 13.0. The molecular formula is C17H17F3N4OS. The second kappa shape index (κ2) is 7.50. The van der Waals surface area contributed by atoms with Gasteiger partial charge < -0.3 is 5.32 Å². The summed E-state index contributed by atoms with van der Waals surface area (Å²) < 4.78 is 39.0. The zero-order valence-electron chi connectivity index (χ0n) is 14.4. The van der Waals surface area contributed by atoms with E-state index in [2.05, 4.69) is 21.4 Å². The van der Waals surface area contributed by atoms with Crippen LogP contribution in [0, 0.1) is 17.2 Å². The Morgan fingerprint density at radius 3 is 2.54 bits per heavy atom. The van der Waals surface area contributed by atoms with Crippen LogP contribution in [0.5, 0.6) is 0 Å². The summed E-state index contributed by atoms with van der Waals surface area (Å²) in [5, 5.41) is 12.4. The third-order valence-corrected chi connectivity index (χ3v) is 4.94. The first-order chi connectivity index (χ1) is 12.1. The van der Waals surface area contributed by atoms with E-state index in [1.807, 2.05) is 0 Å². The fourth-order valence-electron chi connectivity index (χ4n) is 2.05. The molecule has 1 amide bonds. The van der Waals surface area contributed by atoms with Crippen molar-refractivity contribution in [3.05, 3.63) is 30.1 Å². The Balaban J connectivity index is 2.25. The summed E-state index contributed by atoms with van der Waals surface area (Å²) in [4.78, 5) is 19.3. The van der Waals surface area contributed by atoms with Crippen LogP contribution in [0.15, 0.2) is 29.3 Å². The van der Waals surface area contributed by atoms with Crippen LogP contribution in [0.25, 0.3) is 10.9 Å². The molecule has 0 saturated carbocycles. The third-order valence-electron chi connectivity index (χ3n) is 3.95. The van der Waals surface area contributed by atoms with Gasteiger partial charge >= 0.3 is 6.18 Å². The first kappa shape index (κ1) is 20.0. The second-order valence-corrected chi connectivity index (χ2v) is 7.14. The molecule has 1 heterocycles. The molecule has 0 aliphatic heterocycles. The van der Waals surface area contributed by atoms with E-state index in [0.717, 1.165) is 11.8 Å². The molecule has 1 atom stereocenters. The first-order valence-corrected chi connectivity index (χ1v) is 8.74. The van der Waals surface area contributed by atoms with Crippen LogP contribution in [-0.2, 0) is 11.0 Å². The van der Waals surface area contributed by atoms with Crippen LogP contribution in [0.3, 0.4) is 0 Å². The highest BCUT2D eigenvalue weighted by molar-refractivity contribution is 8.00. The van der Waals surface area contributed by atoms with Crippen LogP contribution < -0.4 is 5.32 Å². The Morgan fingerprint density at radius 2 is 1.96 bits per heavy atom. The number of hydrogen-bond acceptors (Lipinski definition) is 5. The average Bonchev–Trinajstić information content (AvgIpc) is 2.58. The number of nitrogens with one attached hydrogen (secondary N) is 1. The van der Waals surface area contributed by atoms with Gasteiger partial charge in [0.05, 0.1) is 17.3 Å². The Labute approximate surface area is 153 Å². The molecule has 1 N–H and O–H groups in total. The Morgan fingerprint density at radius 1 is 1.31 bits per heavy atom. The molecule has 0 saturated heterocycles. The number of thioether (sulfide) groups is 1. The molecule has 2 aromatic rings. The van der Waals surface area contributed by atoms with Gasteiger partial charge in [-0.2, -0.15) is 18.4 Å². The lowest BCUT2D eigenvalue weighted by molar-refractivity contribution is -0.145. The number of benzene rings is 1. The van der Waals surface area contributed by atoms with Crippen LogP contribution in [0.1, 0.15) is 26.6 Å². The van der Waals surface area contributed by atoms with E-state index < -0.39 is 23.4 Å². The number of fused-ring (bicyclic) bond motifs is 1. The summed E-state index contributed by atoms with van der Waals surface area (Å²) >= 11 is 0.879. The van der Waals surface area contributed by atoms with Gasteiger partial charge in [-0.3, -0.25) is 4.79 Å². The topological polar surface area (TPSA) is 78.7 Å². The Kier molecular flexibility index (Phi) is 5.76. The van der Waals surface area contributed by atoms with E-state index >= 15 is 0 Å². The number of hydrogen-bond donors (Lipinski definition) is 1. The highest BCUT2D eigenvalue weighted by Gasteiger charge is 2.36. The number of alkyl halides is 3. The van der Waals surface area contributed by atoms with Crippen molar-refractivity contribution in [1.29, 1.82) is 5.26 Å². The highest BCUT2D eigenvalue weighted by atomic mass is 32.2. The number of nitriles is 1. The maximum Gasteiger partial charge on any atom is 0.451 e. The van der Waals surface area contributed by atoms with E-state index in [0.29, 0.717) is 5.39 Å². The van der Waals surface area contributed by atoms with Crippen LogP contribution in [0.2, 0.25) is 0 Å². The third kappa shape index (κ3) is 4.43. The molecule has 1 aromatic carbocycles. The molecule has 0 spiro atoms. The van der Waals surface area contributed by atoms with Gasteiger partial charge in [0.2, 0.25) is 11.7 Å². The number of aromatic nitrogens is 2. The summed E-state index contributed by atoms with van der Waals surface area (Å²) in [5.41, 5.74) is -0.899. The van der Waals surface area contributed by atoms with Crippen molar-refractivity contribution in [3.63, 3.8) is 0 Å². The number of rotatable bonds is 5. The van der Waals surface area contributed by atoms with Crippen molar-refractivity contribution in [3.8, 4) is 6.07 Å². The number of amides is 1. The SMILES string of the molecule is CC(C)[C@@](C)(C#N)NC(=O)CSc1nc(C(F)(F)F)nc2ccccc12. The maximum absolute atomic E-state index is 13.0. The fraction of sp³-hybridized carbons (Fsp3) is 0.412. The van der Waals surface area contributed by atoms with Crippen molar-refractivity contribution in [1.82, 2.24) is 15.3 Å². The predicted octanol–water partition coefficient (Wildman–Crippen LogP) is 3.80. The van der Waals surface area contributed by atoms with Gasteiger partial charge in [0.1, 0.15) is 10.6 Å². The lowest BCUT2D eigenvalue weighted by Gasteiger charge is -2.27. The Hall–Kier alpha value is -2.34. The van der Waals surface area contributed by atoms with Crippen molar-refractivity contribution in [2.45, 2.75) is 37.5 Å². The van der Waals surface area contributed by atoms with Gasteiger partial charge in [-0.05, 0) is 18.9 Å². The molecular weight excluding hydrogens is 365 g/mol. The first-order valence-electron chi connectivity index (χ1n) is 7.76. The standard InChI is InChI=1S/C17H17F3N4OS/c1-10(2)16(3,9-21)24-13(25)8-26-14-11-6-4-5-7-12(11)22-15(23-14)17(18,19)20/h4-7,10H,8H2,1-3H3,(H,24,25)/t16-/m1/s1. The van der Waals surface area contributed by atoms with E-state index in [1.54, 1.807) is 39.0 Å². The van der Waals surface area contributed by atoms with E-state index in [1.165, 1.54) is 6.07 Å². The normalized spacial score (nSPS) is 14.1. The van der Waals surface area contributed by atoms with E-state index in [9.17, 15) is 23.2 Å². The quantitative estimate of drug-likeness (QED) is 0.629. The molecule has 26 heavy (non-hydrogen) atoms. The van der Waals surface area contributed by atoms with Gasteiger partial charge in [-0.1, -0.05) is 43.8 Å². The highest BCUT2D eigenvalue weighted by Crippen LogP contribution is 2.32. The van der Waals surface area contributed by atoms with Gasteiger partial charge in [-0.25, -0.2) is 9.97 Å². The number of halogens is 3. The molecule has 0 fully saturated rings. The van der Waals surface area contributed by atoms with Crippen molar-refractivity contribution < 1.29 is 18.0 Å². The van der Waals surface area contributed by atoms with Crippen LogP contribution in [-0.4, -0.2) is 27.2 Å². The summed E-state index contributed by atoms with van der Waals surface area (Å²) in [5.74, 6) is -1.99. The zero-order valence-corrected chi connectivity index (χ0v) is 15.2. The molecule has 9 heteroatoms. The molecule has 138 valence electrons. The molecule has 0 radical (unpaired) electrons. The summed E-state index contributed by atoms with van der Waals surface area (Å²) in [6.07, 6.45) is -4.68. The van der Waals surface area contributed by atoms with Gasteiger partial charge in [0.25, 0.3) is 0 Å². The minimum Gasteiger partial charge on any atom is -0.337 e. The molecule has 0 bridgehead atoms. The largest absolute Gasteiger partial charge is 0.451 e. The number of para-hydroxylation sites is 1. The van der Waals surface area contributed by atoms with Crippen molar-refractivity contribution >= 4 is 28.6 Å². The zero-order chi connectivity index (χ0) is 19.5. The van der Waals surface area contributed by atoms with Gasteiger partial charge in [0.15, 0.2) is 0 Å². The fourth-order valence-corrected chi connectivity index (χ4v) is 2.86. The van der Waals surface area contributed by atoms with Crippen molar-refractivity contribution in [2.75, 3.05) is 5.75 Å². The summed E-state index contributed by atoms with van der Waals surface area (Å²) in [6, 6.07) is 8.35. The van der Waals surface area contributed by atoms with Crippen LogP contribution >= 0.6 is 11.8 Å². The minimum atomic E-state index is -4.68. The molecule has 2 rings (SSSR count). The van der Waals surface area contributed by atoms with E-state index in [-0.39, 0.29) is 22.2 Å². The predicted molar refractivity (Wildman–Crippen MR) is 92.3 cm³/mol. The lowest BCUT2D eigenvalue weighted by Crippen LogP contribution is -2.49. The van der Waals surface area contributed by atoms with Crippen molar-refractivity contribution in [2.24, 2.45) is 5.92 Å². The smallest absolute Gasteiger partial charge is 0.337 e. The van der Waals surface area contributed by atoms with Gasteiger partial charge in [0, 0.05) is 5.39 Å². The molecule has 0 aliphatic rings. The molecule has 0 unspecified atom stereocenters. The molecule has 1 aromatic heterocycles. The van der Waals surface area contributed by atoms with E-state index in [4.69, 9.17) is 0 Å². The molecule has 5 nitrogen and oxygen atoms in total. The minimum absolute atomic E-state index is 0.0706. The Bertz CT molecular complexity index is 863. The van der Waals surface area contributed by atoms with Crippen LogP contribution in [0.4, 0.5) is 13.2 Å². The summed E-state index contributed by atoms with van der Waals surface area (Å²) in [6.45, 7) is 5.19. The number of carbonyl (C=O) groups excluding carboxylic acids is 1. The lowest BCUT2D eigenvalue weighted by atomic mass is 9.90. The monoisotopic (exact) mass is 382 g/mol. The number of carbonyl (C=O) groups is 1. The average molecular weight is 382 g/mol. The summed E-state index contributed by atoms with van der Waals surface area (Å²) in [7, 11) is 0. The second-order valence-electron chi connectivity index (χ2n) is 6.17. The molecule has 0 aliphatic carbocycles.